The van der Waals surface area contributed by atoms with Gasteiger partial charge in [0.1, 0.15) is 41.6 Å². The smallest absolute Gasteiger partial charge is 0.322 e. The maximum atomic E-state index is 13.8. The molecule has 0 radical (unpaired) electrons. The summed E-state index contributed by atoms with van der Waals surface area (Å²) in [6.45, 7) is 11.2. The fraction of sp³-hybridized carbons (Fsp3) is 0.471. The van der Waals surface area contributed by atoms with Gasteiger partial charge in [0.15, 0.2) is 0 Å². The van der Waals surface area contributed by atoms with E-state index >= 15 is 0 Å². The molecule has 256 valence electrons. The van der Waals surface area contributed by atoms with Crippen LogP contribution in [0.1, 0.15) is 66.0 Å². The Balaban J connectivity index is 2.40. The van der Waals surface area contributed by atoms with Crippen molar-refractivity contribution in [2.45, 2.75) is 97.1 Å². The van der Waals surface area contributed by atoms with Crippen LogP contribution >= 0.6 is 0 Å². The SMILES string of the molecule is CC(=O)N[C@@H](CC(=O)OC(C)(C)C)C(=O)N[C@@H](Cc1ccc(OC(C)(C)C)cc1)C(=O)N[C@@H](Cc1ccccc1)C(=O)NCC(=O)O. The normalized spacial score (nSPS) is 13.3. The largest absolute Gasteiger partial charge is 0.488 e. The Bertz CT molecular complexity index is 1400. The minimum Gasteiger partial charge on any atom is -0.488 e. The highest BCUT2D eigenvalue weighted by Crippen LogP contribution is 2.19. The number of hydrogen-bond donors (Lipinski definition) is 5. The summed E-state index contributed by atoms with van der Waals surface area (Å²) in [5.41, 5.74) is 0.0418. The molecular formula is C34H46N4O9. The van der Waals surface area contributed by atoms with E-state index in [0.717, 1.165) is 0 Å². The number of esters is 1. The van der Waals surface area contributed by atoms with Crippen LogP contribution in [0.2, 0.25) is 0 Å². The lowest BCUT2D eigenvalue weighted by Crippen LogP contribution is -2.58. The van der Waals surface area contributed by atoms with Crippen LogP contribution in [-0.4, -0.2) is 76.5 Å². The molecular weight excluding hydrogens is 608 g/mol. The quantitative estimate of drug-likeness (QED) is 0.179. The molecule has 5 N–H and O–H groups in total. The molecule has 0 heterocycles. The molecule has 13 nitrogen and oxygen atoms in total. The summed E-state index contributed by atoms with van der Waals surface area (Å²) >= 11 is 0. The van der Waals surface area contributed by atoms with E-state index in [1.165, 1.54) is 6.92 Å². The maximum absolute atomic E-state index is 13.8. The lowest BCUT2D eigenvalue weighted by Gasteiger charge is -2.26. The number of carbonyl (C=O) groups excluding carboxylic acids is 5. The van der Waals surface area contributed by atoms with Gasteiger partial charge in [-0.25, -0.2) is 0 Å². The first kappa shape index (κ1) is 38.2. The van der Waals surface area contributed by atoms with Crippen molar-refractivity contribution in [1.29, 1.82) is 0 Å². The van der Waals surface area contributed by atoms with Gasteiger partial charge in [-0.3, -0.25) is 28.8 Å². The third kappa shape index (κ3) is 15.3. The van der Waals surface area contributed by atoms with Crippen molar-refractivity contribution in [2.75, 3.05) is 6.54 Å². The molecule has 0 spiro atoms. The molecule has 0 bridgehead atoms. The zero-order valence-electron chi connectivity index (χ0n) is 28.0. The highest BCUT2D eigenvalue weighted by molar-refractivity contribution is 5.96. The van der Waals surface area contributed by atoms with Gasteiger partial charge >= 0.3 is 11.9 Å². The van der Waals surface area contributed by atoms with Crippen molar-refractivity contribution in [2.24, 2.45) is 0 Å². The Morgan fingerprint density at radius 3 is 1.68 bits per heavy atom. The number of ether oxygens (including phenoxy) is 2. The second kappa shape index (κ2) is 17.1. The predicted octanol–water partition coefficient (Wildman–Crippen LogP) is 2.06. The summed E-state index contributed by atoms with van der Waals surface area (Å²) in [5.74, 6) is -4.30. The highest BCUT2D eigenvalue weighted by atomic mass is 16.6. The van der Waals surface area contributed by atoms with Gasteiger partial charge in [0.05, 0.1) is 6.42 Å². The van der Waals surface area contributed by atoms with Gasteiger partial charge in [0.2, 0.25) is 23.6 Å². The van der Waals surface area contributed by atoms with Gasteiger partial charge in [-0.2, -0.15) is 0 Å². The lowest BCUT2D eigenvalue weighted by atomic mass is 10.0. The first-order valence-corrected chi connectivity index (χ1v) is 15.2. The van der Waals surface area contributed by atoms with Gasteiger partial charge in [0.25, 0.3) is 0 Å². The van der Waals surface area contributed by atoms with Gasteiger partial charge in [-0.15, -0.1) is 0 Å². The van der Waals surface area contributed by atoms with Crippen LogP contribution < -0.4 is 26.0 Å². The molecule has 4 amide bonds. The zero-order valence-corrected chi connectivity index (χ0v) is 28.0. The average molecular weight is 655 g/mol. The number of carboxylic acid groups (broad SMARTS) is 1. The van der Waals surface area contributed by atoms with Gasteiger partial charge < -0.3 is 35.8 Å². The monoisotopic (exact) mass is 654 g/mol. The van der Waals surface area contributed by atoms with E-state index in [4.69, 9.17) is 14.6 Å². The molecule has 3 atom stereocenters. The number of carbonyl (C=O) groups is 6. The van der Waals surface area contributed by atoms with E-state index in [1.54, 1.807) is 75.4 Å². The number of carboxylic acids is 1. The standard InChI is InChI=1S/C34H46N4O9/c1-21(39)36-27(19-29(42)47-34(5,6)7)32(45)38-26(18-23-13-15-24(16-14-23)46-33(2,3)4)31(44)37-25(30(43)35-20-28(40)41)17-22-11-9-8-10-12-22/h8-16,25-27H,17-20H2,1-7H3,(H,35,43)(H,36,39)(H,37,44)(H,38,45)(H,40,41)/t25-,26-,27-/m0/s1. The van der Waals surface area contributed by atoms with Crippen molar-refractivity contribution in [3.63, 3.8) is 0 Å². The Hall–Kier alpha value is -4.94. The molecule has 2 rings (SSSR count). The van der Waals surface area contributed by atoms with Crippen LogP contribution in [0, 0.1) is 0 Å². The van der Waals surface area contributed by atoms with Crippen LogP contribution in [0.5, 0.6) is 5.75 Å². The van der Waals surface area contributed by atoms with Gasteiger partial charge in [-0.1, -0.05) is 42.5 Å². The Kier molecular flexibility index (Phi) is 13.9. The summed E-state index contributed by atoms with van der Waals surface area (Å²) in [7, 11) is 0. The van der Waals surface area contributed by atoms with E-state index in [1.807, 2.05) is 20.8 Å². The van der Waals surface area contributed by atoms with Gasteiger partial charge in [-0.05, 0) is 64.8 Å². The summed E-state index contributed by atoms with van der Waals surface area (Å²) in [6, 6.07) is 11.8. The van der Waals surface area contributed by atoms with E-state index in [2.05, 4.69) is 21.3 Å². The summed E-state index contributed by atoms with van der Waals surface area (Å²) < 4.78 is 11.2. The number of hydrogen-bond acceptors (Lipinski definition) is 8. The first-order valence-electron chi connectivity index (χ1n) is 15.2. The lowest BCUT2D eigenvalue weighted by molar-refractivity contribution is -0.156. The van der Waals surface area contributed by atoms with Crippen LogP contribution in [0.15, 0.2) is 54.6 Å². The van der Waals surface area contributed by atoms with Crippen molar-refractivity contribution in [3.05, 3.63) is 65.7 Å². The van der Waals surface area contributed by atoms with E-state index < -0.39 is 77.9 Å². The summed E-state index contributed by atoms with van der Waals surface area (Å²) in [6.07, 6.45) is -0.504. The Labute approximate surface area is 275 Å². The number of aliphatic carboxylic acids is 1. The van der Waals surface area contributed by atoms with Crippen LogP contribution in [0.4, 0.5) is 0 Å². The summed E-state index contributed by atoms with van der Waals surface area (Å²) in [4.78, 5) is 76.0. The topological polar surface area (TPSA) is 189 Å². The molecule has 0 aliphatic carbocycles. The number of rotatable bonds is 15. The zero-order chi connectivity index (χ0) is 35.4. The minimum absolute atomic E-state index is 0.0324. The molecule has 2 aromatic carbocycles. The maximum Gasteiger partial charge on any atom is 0.322 e. The first-order chi connectivity index (χ1) is 21.8. The van der Waals surface area contributed by atoms with Crippen molar-refractivity contribution < 1.29 is 43.3 Å². The Morgan fingerprint density at radius 1 is 0.681 bits per heavy atom. The third-order valence-corrected chi connectivity index (χ3v) is 6.23. The number of nitrogens with one attached hydrogen (secondary N) is 4. The predicted molar refractivity (Wildman–Crippen MR) is 173 cm³/mol. The van der Waals surface area contributed by atoms with Crippen molar-refractivity contribution in [1.82, 2.24) is 21.3 Å². The molecule has 0 aromatic heterocycles. The molecule has 13 heteroatoms. The molecule has 0 saturated heterocycles. The van der Waals surface area contributed by atoms with Crippen LogP contribution in [0.25, 0.3) is 0 Å². The molecule has 2 aromatic rings. The Morgan fingerprint density at radius 2 is 1.19 bits per heavy atom. The fourth-order valence-electron chi connectivity index (χ4n) is 4.39. The second-order valence-electron chi connectivity index (χ2n) is 13.0. The molecule has 0 aliphatic rings. The number of benzene rings is 2. The third-order valence-electron chi connectivity index (χ3n) is 6.23. The van der Waals surface area contributed by atoms with Crippen LogP contribution in [-0.2, 0) is 46.3 Å². The van der Waals surface area contributed by atoms with E-state index in [0.29, 0.717) is 16.9 Å². The molecule has 47 heavy (non-hydrogen) atoms. The summed E-state index contributed by atoms with van der Waals surface area (Å²) in [5, 5.41) is 19.1. The molecule has 0 aliphatic heterocycles. The van der Waals surface area contributed by atoms with E-state index in [9.17, 15) is 28.8 Å². The highest BCUT2D eigenvalue weighted by Gasteiger charge is 2.32. The van der Waals surface area contributed by atoms with Crippen LogP contribution in [0.3, 0.4) is 0 Å². The van der Waals surface area contributed by atoms with E-state index in [-0.39, 0.29) is 12.8 Å². The molecule has 0 fully saturated rings. The second-order valence-corrected chi connectivity index (χ2v) is 13.0. The molecule has 0 unspecified atom stereocenters. The number of amides is 4. The average Bonchev–Trinajstić information content (AvgIpc) is 2.94. The van der Waals surface area contributed by atoms with Gasteiger partial charge in [0, 0.05) is 19.8 Å². The minimum atomic E-state index is -1.36. The fourth-order valence-corrected chi connectivity index (χ4v) is 4.39. The molecule has 0 saturated carbocycles. The van der Waals surface area contributed by atoms with Crippen molar-refractivity contribution in [3.8, 4) is 5.75 Å². The van der Waals surface area contributed by atoms with Crippen molar-refractivity contribution >= 4 is 35.6 Å².